The number of carbonyl (C=O) groups excluding carboxylic acids is 1. The van der Waals surface area contributed by atoms with Gasteiger partial charge in [-0.2, -0.15) is 0 Å². The maximum Gasteiger partial charge on any atom is 0.254 e. The van der Waals surface area contributed by atoms with Crippen molar-refractivity contribution in [1.29, 1.82) is 0 Å². The van der Waals surface area contributed by atoms with E-state index in [1.165, 1.54) is 18.2 Å². The molecule has 0 aliphatic heterocycles. The van der Waals surface area contributed by atoms with Gasteiger partial charge in [0.2, 0.25) is 0 Å². The van der Waals surface area contributed by atoms with Gasteiger partial charge in [0.05, 0.1) is 5.56 Å². The highest BCUT2D eigenvalue weighted by Crippen LogP contribution is 2.15. The average Bonchev–Trinajstić information content (AvgIpc) is 2.15. The average molecular weight is 333 g/mol. The number of hydrogen-bond donors (Lipinski definition) is 0. The van der Waals surface area contributed by atoms with Crippen molar-refractivity contribution in [1.82, 2.24) is 4.90 Å². The van der Waals surface area contributed by atoms with Gasteiger partial charge in [0.15, 0.2) is 0 Å². The molecule has 0 saturated carbocycles. The van der Waals surface area contributed by atoms with Crippen LogP contribution in [0.4, 0.5) is 4.39 Å². The lowest BCUT2D eigenvalue weighted by molar-refractivity contribution is 0.0806. The fourth-order valence-electron chi connectivity index (χ4n) is 1.35. The summed E-state index contributed by atoms with van der Waals surface area (Å²) in [6.45, 7) is 6.12. The standard InChI is InChI=1S/C12H13FINO/c1-8(2)7-15(3)12(16)10-5-4-9(13)6-11(10)14/h4-6H,1,7H2,2-3H3. The molecule has 1 amide bonds. The highest BCUT2D eigenvalue weighted by atomic mass is 127. The summed E-state index contributed by atoms with van der Waals surface area (Å²) in [5.41, 5.74) is 1.43. The minimum atomic E-state index is -0.330. The molecule has 86 valence electrons. The number of likely N-dealkylation sites (N-methyl/N-ethyl adjacent to an activating group) is 1. The molecule has 0 unspecified atom stereocenters. The maximum atomic E-state index is 12.9. The second kappa shape index (κ2) is 5.43. The number of rotatable bonds is 3. The van der Waals surface area contributed by atoms with E-state index in [4.69, 9.17) is 0 Å². The predicted molar refractivity (Wildman–Crippen MR) is 70.9 cm³/mol. The molecule has 0 fully saturated rings. The van der Waals surface area contributed by atoms with E-state index in [2.05, 4.69) is 6.58 Å². The first-order valence-corrected chi connectivity index (χ1v) is 5.84. The van der Waals surface area contributed by atoms with Crippen LogP contribution in [0.25, 0.3) is 0 Å². The Morgan fingerprint density at radius 2 is 2.19 bits per heavy atom. The third-order valence-corrected chi connectivity index (χ3v) is 2.91. The largest absolute Gasteiger partial charge is 0.338 e. The van der Waals surface area contributed by atoms with Crippen LogP contribution in [0.15, 0.2) is 30.4 Å². The summed E-state index contributed by atoms with van der Waals surface area (Å²) < 4.78 is 13.5. The van der Waals surface area contributed by atoms with Crippen molar-refractivity contribution in [3.63, 3.8) is 0 Å². The molecule has 1 aromatic carbocycles. The van der Waals surface area contributed by atoms with Gasteiger partial charge in [-0.05, 0) is 47.7 Å². The normalized spacial score (nSPS) is 10.0. The molecule has 4 heteroatoms. The van der Waals surface area contributed by atoms with Crippen LogP contribution >= 0.6 is 22.6 Å². The number of amides is 1. The third kappa shape index (κ3) is 3.30. The van der Waals surface area contributed by atoms with Gasteiger partial charge in [-0.15, -0.1) is 0 Å². The van der Waals surface area contributed by atoms with E-state index in [-0.39, 0.29) is 11.7 Å². The number of nitrogens with zero attached hydrogens (tertiary/aromatic N) is 1. The Morgan fingerprint density at radius 1 is 1.56 bits per heavy atom. The van der Waals surface area contributed by atoms with Crippen molar-refractivity contribution in [2.24, 2.45) is 0 Å². The molecule has 0 heterocycles. The minimum Gasteiger partial charge on any atom is -0.338 e. The van der Waals surface area contributed by atoms with E-state index >= 15 is 0 Å². The van der Waals surface area contributed by atoms with Crippen LogP contribution in [0.2, 0.25) is 0 Å². The summed E-state index contributed by atoms with van der Waals surface area (Å²) in [7, 11) is 1.70. The maximum absolute atomic E-state index is 12.9. The number of carbonyl (C=O) groups is 1. The van der Waals surface area contributed by atoms with E-state index in [0.717, 1.165) is 5.57 Å². The van der Waals surface area contributed by atoms with Crippen LogP contribution in [0.3, 0.4) is 0 Å². The molecule has 1 aromatic rings. The summed E-state index contributed by atoms with van der Waals surface area (Å²) >= 11 is 1.96. The molecule has 1 rings (SSSR count). The zero-order valence-corrected chi connectivity index (χ0v) is 11.4. The number of benzene rings is 1. The second-order valence-corrected chi connectivity index (χ2v) is 4.90. The quantitative estimate of drug-likeness (QED) is 0.615. The Morgan fingerprint density at radius 3 is 2.69 bits per heavy atom. The van der Waals surface area contributed by atoms with E-state index in [1.54, 1.807) is 11.9 Å². The van der Waals surface area contributed by atoms with Crippen LogP contribution in [0.5, 0.6) is 0 Å². The van der Waals surface area contributed by atoms with Crippen molar-refractivity contribution < 1.29 is 9.18 Å². The number of hydrogen-bond acceptors (Lipinski definition) is 1. The molecule has 0 aliphatic carbocycles. The highest BCUT2D eigenvalue weighted by molar-refractivity contribution is 14.1. The van der Waals surface area contributed by atoms with Crippen molar-refractivity contribution >= 4 is 28.5 Å². The molecule has 2 nitrogen and oxygen atoms in total. The first kappa shape index (κ1) is 13.2. The first-order valence-electron chi connectivity index (χ1n) is 4.76. The van der Waals surface area contributed by atoms with Gasteiger partial charge in [0.25, 0.3) is 5.91 Å². The van der Waals surface area contributed by atoms with Gasteiger partial charge >= 0.3 is 0 Å². The lowest BCUT2D eigenvalue weighted by atomic mass is 10.2. The van der Waals surface area contributed by atoms with E-state index in [9.17, 15) is 9.18 Å². The molecular formula is C12H13FINO. The monoisotopic (exact) mass is 333 g/mol. The van der Waals surface area contributed by atoms with E-state index < -0.39 is 0 Å². The first-order chi connectivity index (χ1) is 7.41. The molecule has 0 N–H and O–H groups in total. The molecular weight excluding hydrogens is 320 g/mol. The minimum absolute atomic E-state index is 0.118. The SMILES string of the molecule is C=C(C)CN(C)C(=O)c1ccc(F)cc1I. The van der Waals surface area contributed by atoms with E-state index in [0.29, 0.717) is 15.7 Å². The van der Waals surface area contributed by atoms with Crippen LogP contribution < -0.4 is 0 Å². The Bertz CT molecular complexity index is 431. The zero-order valence-electron chi connectivity index (χ0n) is 9.26. The smallest absolute Gasteiger partial charge is 0.254 e. The Balaban J connectivity index is 2.92. The van der Waals surface area contributed by atoms with Crippen LogP contribution in [0, 0.1) is 9.39 Å². The van der Waals surface area contributed by atoms with Crippen molar-refractivity contribution in [2.45, 2.75) is 6.92 Å². The predicted octanol–water partition coefficient (Wildman–Crippen LogP) is 3.08. The van der Waals surface area contributed by atoms with Crippen LogP contribution in [-0.4, -0.2) is 24.4 Å². The van der Waals surface area contributed by atoms with Gasteiger partial charge in [-0.3, -0.25) is 4.79 Å². The van der Waals surface area contributed by atoms with Gasteiger partial charge in [-0.1, -0.05) is 12.2 Å². The summed E-state index contributed by atoms with van der Waals surface area (Å²) in [6.07, 6.45) is 0. The highest BCUT2D eigenvalue weighted by Gasteiger charge is 2.14. The second-order valence-electron chi connectivity index (χ2n) is 3.74. The summed E-state index contributed by atoms with van der Waals surface area (Å²) in [4.78, 5) is 13.5. The third-order valence-electron chi connectivity index (χ3n) is 2.02. The van der Waals surface area contributed by atoms with Gasteiger partial charge in [0, 0.05) is 17.2 Å². The Kier molecular flexibility index (Phi) is 4.46. The van der Waals surface area contributed by atoms with Gasteiger partial charge < -0.3 is 4.90 Å². The molecule has 0 atom stereocenters. The lowest BCUT2D eigenvalue weighted by Gasteiger charge is -2.17. The van der Waals surface area contributed by atoms with Gasteiger partial charge in [-0.25, -0.2) is 4.39 Å². The molecule has 16 heavy (non-hydrogen) atoms. The Labute approximate surface area is 108 Å². The van der Waals surface area contributed by atoms with E-state index in [1.807, 2.05) is 29.5 Å². The molecule has 0 saturated heterocycles. The molecule has 0 radical (unpaired) electrons. The summed E-state index contributed by atoms with van der Waals surface area (Å²) in [5.74, 6) is -0.448. The summed E-state index contributed by atoms with van der Waals surface area (Å²) in [6, 6.07) is 4.15. The molecule has 0 aliphatic rings. The number of halogens is 2. The van der Waals surface area contributed by atoms with Crippen molar-refractivity contribution in [3.8, 4) is 0 Å². The fourth-order valence-corrected chi connectivity index (χ4v) is 2.05. The van der Waals surface area contributed by atoms with Crippen LogP contribution in [-0.2, 0) is 0 Å². The Hall–Kier alpha value is -0.910. The van der Waals surface area contributed by atoms with Crippen molar-refractivity contribution in [2.75, 3.05) is 13.6 Å². The fraction of sp³-hybridized carbons (Fsp3) is 0.250. The van der Waals surface area contributed by atoms with Gasteiger partial charge in [0.1, 0.15) is 5.82 Å². The topological polar surface area (TPSA) is 20.3 Å². The van der Waals surface area contributed by atoms with Crippen LogP contribution in [0.1, 0.15) is 17.3 Å². The summed E-state index contributed by atoms with van der Waals surface area (Å²) in [5, 5.41) is 0. The molecule has 0 bridgehead atoms. The molecule has 0 aromatic heterocycles. The molecule has 0 spiro atoms. The zero-order chi connectivity index (χ0) is 12.3. The lowest BCUT2D eigenvalue weighted by Crippen LogP contribution is -2.28. The van der Waals surface area contributed by atoms with Crippen molar-refractivity contribution in [3.05, 3.63) is 45.3 Å².